The first kappa shape index (κ1) is 51.8. The molecule has 3 fully saturated rings. The SMILES string of the molecule is C/C=C(\C)C(=O)N[C@@H](c1ccccc1)[C@@H](OC(=O)c1ccccc1[N+](=O)[O-])C(=O)O[C@H]1C[C@]2(O)[C@@H](OC(=O)c3ccccc3)[C@@H]3[C@]4(OC(C)=O)CO[C@@H]4C[C@H](O)[C@@]3(C)C(=O)[C@H](OC(C)=O)C(=C1C)C2(C)C. The highest BCUT2D eigenvalue weighted by molar-refractivity contribution is 5.97. The van der Waals surface area contributed by atoms with Gasteiger partial charge < -0.3 is 44.0 Å². The van der Waals surface area contributed by atoms with Crippen LogP contribution in [0.5, 0.6) is 0 Å². The molecule has 3 aromatic carbocycles. The van der Waals surface area contributed by atoms with E-state index >= 15 is 9.59 Å². The Kier molecular flexibility index (Phi) is 14.3. The number of para-hydroxylation sites is 1. The van der Waals surface area contributed by atoms with Crippen molar-refractivity contribution in [1.82, 2.24) is 5.32 Å². The van der Waals surface area contributed by atoms with Crippen molar-refractivity contribution in [2.24, 2.45) is 16.7 Å². The Morgan fingerprint density at radius 1 is 0.873 bits per heavy atom. The van der Waals surface area contributed by atoms with Crippen LogP contribution in [-0.4, -0.2) is 111 Å². The van der Waals surface area contributed by atoms with Gasteiger partial charge in [-0.2, -0.15) is 0 Å². The predicted molar refractivity (Wildman–Crippen MR) is 248 cm³/mol. The van der Waals surface area contributed by atoms with Gasteiger partial charge in [0.05, 0.1) is 34.5 Å². The highest BCUT2D eigenvalue weighted by Crippen LogP contribution is 2.64. The topological polar surface area (TPSA) is 270 Å². The summed E-state index contributed by atoms with van der Waals surface area (Å²) in [5, 5.41) is 40.9. The van der Waals surface area contributed by atoms with Gasteiger partial charge in [-0.05, 0) is 62.6 Å². The number of Topliss-reactive ketones (excluding diaryl/α,β-unsaturated/α-hetero) is 1. The Hall–Kier alpha value is -7.09. The van der Waals surface area contributed by atoms with E-state index in [1.807, 2.05) is 0 Å². The second-order valence-corrected chi connectivity index (χ2v) is 19.1. The number of amides is 1. The lowest BCUT2D eigenvalue weighted by molar-refractivity contribution is -0.385. The van der Waals surface area contributed by atoms with Crippen molar-refractivity contribution in [3.8, 4) is 0 Å². The number of allylic oxidation sites excluding steroid dienone is 1. The van der Waals surface area contributed by atoms with Crippen molar-refractivity contribution in [2.75, 3.05) is 6.61 Å². The third kappa shape index (κ3) is 9.01. The Balaban J connectivity index is 1.45. The molecule has 3 N–H and O–H groups in total. The lowest BCUT2D eigenvalue weighted by atomic mass is 9.44. The molecule has 11 atom stereocenters. The van der Waals surface area contributed by atoms with Crippen LogP contribution in [0.2, 0.25) is 0 Å². The average molecular weight is 981 g/mol. The summed E-state index contributed by atoms with van der Waals surface area (Å²) in [7, 11) is 0. The standard InChI is InChI=1S/C52H56N2O17/c1-9-27(2)45(59)53-39(31-18-12-10-13-19-31)41(69-47(61)33-22-16-17-23-34(33)54(64)65)48(62)68-35-25-52(63)44(70-46(60)32-20-14-11-15-21-32)42-50(8,36(57)24-37-51(42,26-66-37)71-30(5)56)43(58)40(67-29(4)55)38(28(35)3)49(52,6)7/h9-23,35-37,39-42,44,57,63H,24-26H2,1-8H3,(H,53,59)/b27-9+/t35-,36-,37+,39-,40+,41+,42-,44-,50+,51-,52-/m0/s1. The number of benzene rings is 3. The minimum absolute atomic E-state index is 0.0114. The van der Waals surface area contributed by atoms with Crippen molar-refractivity contribution in [3.63, 3.8) is 0 Å². The first-order chi connectivity index (χ1) is 33.4. The maximum Gasteiger partial charge on any atom is 0.350 e. The molecule has 1 heterocycles. The Morgan fingerprint density at radius 2 is 1.49 bits per heavy atom. The van der Waals surface area contributed by atoms with E-state index in [4.69, 9.17) is 28.4 Å². The minimum atomic E-state index is -2.53. The highest BCUT2D eigenvalue weighted by Gasteiger charge is 2.78. The number of aliphatic hydroxyl groups is 2. The summed E-state index contributed by atoms with van der Waals surface area (Å²) in [6.45, 7) is 10.7. The van der Waals surface area contributed by atoms with Crippen LogP contribution in [0, 0.1) is 26.9 Å². The van der Waals surface area contributed by atoms with Crippen LogP contribution >= 0.6 is 0 Å². The monoisotopic (exact) mass is 980 g/mol. The fraction of sp³-hybridized carbons (Fsp3) is 0.442. The third-order valence-electron chi connectivity index (χ3n) is 14.8. The predicted octanol–water partition coefficient (Wildman–Crippen LogP) is 5.16. The van der Waals surface area contributed by atoms with Gasteiger partial charge in [0.25, 0.3) is 5.69 Å². The maximum atomic E-state index is 15.7. The van der Waals surface area contributed by atoms with Crippen LogP contribution in [0.4, 0.5) is 5.69 Å². The fourth-order valence-electron chi connectivity index (χ4n) is 10.8. The summed E-state index contributed by atoms with van der Waals surface area (Å²) in [4.78, 5) is 111. The van der Waals surface area contributed by atoms with Crippen LogP contribution in [-0.2, 0) is 52.4 Å². The number of hydrogen-bond donors (Lipinski definition) is 3. The molecule has 1 amide bonds. The van der Waals surface area contributed by atoms with Gasteiger partial charge in [0.1, 0.15) is 35.5 Å². The molecule has 2 saturated carbocycles. The molecule has 0 unspecified atom stereocenters. The number of ketones is 1. The fourth-order valence-corrected chi connectivity index (χ4v) is 10.8. The molecular formula is C52H56N2O17. The van der Waals surface area contributed by atoms with Crippen LogP contribution < -0.4 is 5.32 Å². The molecule has 0 aromatic heterocycles. The largest absolute Gasteiger partial charge is 0.455 e. The van der Waals surface area contributed by atoms with Crippen molar-refractivity contribution < 1.29 is 77.1 Å². The second kappa shape index (κ2) is 19.6. The number of carbonyl (C=O) groups is 7. The number of carbonyl (C=O) groups excluding carboxylic acids is 7. The molecule has 19 nitrogen and oxygen atoms in total. The van der Waals surface area contributed by atoms with Gasteiger partial charge >= 0.3 is 29.8 Å². The summed E-state index contributed by atoms with van der Waals surface area (Å²) in [6, 6.07) is 18.8. The van der Waals surface area contributed by atoms with E-state index in [0.717, 1.165) is 26.0 Å². The number of aliphatic hydroxyl groups excluding tert-OH is 1. The van der Waals surface area contributed by atoms with Gasteiger partial charge in [0.2, 0.25) is 12.0 Å². The van der Waals surface area contributed by atoms with Crippen LogP contribution in [0.15, 0.2) is 108 Å². The lowest BCUT2D eigenvalue weighted by Gasteiger charge is -2.67. The molecule has 2 bridgehead atoms. The number of nitrogens with one attached hydrogen (secondary N) is 1. The van der Waals surface area contributed by atoms with Gasteiger partial charge in [0, 0.05) is 43.7 Å². The summed E-state index contributed by atoms with van der Waals surface area (Å²) in [5.41, 5.74) is -9.12. The number of fused-ring (bicyclic) bond motifs is 5. The number of nitro benzene ring substituents is 1. The molecule has 3 aromatic rings. The van der Waals surface area contributed by atoms with Crippen molar-refractivity contribution in [1.29, 1.82) is 0 Å². The molecule has 19 heteroatoms. The summed E-state index contributed by atoms with van der Waals surface area (Å²) in [5.74, 6) is -8.77. The lowest BCUT2D eigenvalue weighted by Crippen LogP contribution is -2.82. The quantitative estimate of drug-likeness (QED) is 0.0498. The normalized spacial score (nSPS) is 29.4. The first-order valence-electron chi connectivity index (χ1n) is 23.0. The van der Waals surface area contributed by atoms with E-state index in [1.165, 1.54) is 77.1 Å². The number of rotatable bonds is 13. The van der Waals surface area contributed by atoms with Gasteiger partial charge in [-0.1, -0.05) is 80.6 Å². The Morgan fingerprint density at radius 3 is 2.07 bits per heavy atom. The molecule has 1 saturated heterocycles. The highest BCUT2D eigenvalue weighted by atomic mass is 16.6. The van der Waals surface area contributed by atoms with Crippen molar-refractivity contribution in [2.45, 2.75) is 122 Å². The summed E-state index contributed by atoms with van der Waals surface area (Å²) < 4.78 is 36.5. The molecule has 1 aliphatic heterocycles. The zero-order valence-corrected chi connectivity index (χ0v) is 40.4. The summed E-state index contributed by atoms with van der Waals surface area (Å²) >= 11 is 0. The van der Waals surface area contributed by atoms with E-state index in [1.54, 1.807) is 43.3 Å². The van der Waals surface area contributed by atoms with Gasteiger partial charge in [-0.3, -0.25) is 29.3 Å². The van der Waals surface area contributed by atoms with Crippen LogP contribution in [0.1, 0.15) is 101 Å². The maximum absolute atomic E-state index is 15.7. The third-order valence-corrected chi connectivity index (χ3v) is 14.8. The molecule has 4 aliphatic rings. The van der Waals surface area contributed by atoms with Gasteiger partial charge in [-0.15, -0.1) is 0 Å². The molecule has 376 valence electrons. The number of ether oxygens (including phenoxy) is 6. The summed E-state index contributed by atoms with van der Waals surface area (Å²) in [6.07, 6.45) is -9.86. The van der Waals surface area contributed by atoms with Crippen molar-refractivity contribution in [3.05, 3.63) is 135 Å². The smallest absolute Gasteiger partial charge is 0.350 e. The molecular weight excluding hydrogens is 925 g/mol. The molecule has 71 heavy (non-hydrogen) atoms. The molecule has 0 spiro atoms. The number of hydrogen-bond acceptors (Lipinski definition) is 17. The average Bonchev–Trinajstić information content (AvgIpc) is 3.33. The van der Waals surface area contributed by atoms with Crippen LogP contribution in [0.25, 0.3) is 0 Å². The van der Waals surface area contributed by atoms with E-state index in [9.17, 15) is 44.3 Å². The second-order valence-electron chi connectivity index (χ2n) is 19.1. The minimum Gasteiger partial charge on any atom is -0.455 e. The Labute approximate surface area is 408 Å². The van der Waals surface area contributed by atoms with E-state index in [-0.39, 0.29) is 40.9 Å². The zero-order valence-electron chi connectivity index (χ0n) is 40.4. The van der Waals surface area contributed by atoms with Gasteiger partial charge in [0.15, 0.2) is 17.5 Å². The number of nitro groups is 1. The Bertz CT molecular complexity index is 2720. The molecule has 0 radical (unpaired) electrons. The van der Waals surface area contributed by atoms with E-state index in [2.05, 4.69) is 5.32 Å². The van der Waals surface area contributed by atoms with E-state index < -0.39 is 135 Å². The van der Waals surface area contributed by atoms with E-state index in [0.29, 0.717) is 0 Å². The molecule has 3 aliphatic carbocycles. The number of esters is 5. The van der Waals surface area contributed by atoms with Crippen molar-refractivity contribution >= 4 is 47.2 Å². The molecule has 7 rings (SSSR count). The van der Waals surface area contributed by atoms with Crippen LogP contribution in [0.3, 0.4) is 0 Å². The zero-order chi connectivity index (χ0) is 52.0. The first-order valence-corrected chi connectivity index (χ1v) is 23.0. The van der Waals surface area contributed by atoms with Gasteiger partial charge in [-0.25, -0.2) is 14.4 Å². The number of nitrogens with zero attached hydrogens (tertiary/aromatic N) is 1.